The maximum Gasteiger partial charge on any atom is 0.490 e. The number of alkyl halides is 3. The van der Waals surface area contributed by atoms with E-state index in [0.717, 1.165) is 61.6 Å². The number of rotatable bonds is 5. The van der Waals surface area contributed by atoms with Crippen molar-refractivity contribution >= 4 is 35.3 Å². The van der Waals surface area contributed by atoms with Crippen LogP contribution in [0.2, 0.25) is 0 Å². The summed E-state index contributed by atoms with van der Waals surface area (Å²) < 4.78 is 46.3. The zero-order valence-corrected chi connectivity index (χ0v) is 29.0. The molecule has 2 N–H and O–H groups in total. The van der Waals surface area contributed by atoms with Crippen molar-refractivity contribution in [2.45, 2.75) is 93.6 Å². The minimum Gasteiger partial charge on any atom is -0.475 e. The van der Waals surface area contributed by atoms with Gasteiger partial charge in [0.05, 0.1) is 29.4 Å². The first-order valence-electron chi connectivity index (χ1n) is 18.0. The second-order valence-electron chi connectivity index (χ2n) is 14.5. The van der Waals surface area contributed by atoms with Crippen molar-refractivity contribution in [3.05, 3.63) is 35.2 Å². The molecule has 286 valence electrons. The van der Waals surface area contributed by atoms with Crippen molar-refractivity contribution < 1.29 is 51.7 Å². The van der Waals surface area contributed by atoms with E-state index in [1.807, 2.05) is 6.07 Å². The number of carboxylic acid groups (broad SMARTS) is 1. The quantitative estimate of drug-likeness (QED) is 0.424. The summed E-state index contributed by atoms with van der Waals surface area (Å²) in [7, 11) is 0. The summed E-state index contributed by atoms with van der Waals surface area (Å²) in [5.41, 5.74) is 0.737. The van der Waals surface area contributed by atoms with E-state index in [1.165, 1.54) is 19.3 Å². The largest absolute Gasteiger partial charge is 0.490 e. The van der Waals surface area contributed by atoms with Crippen LogP contribution in [-0.4, -0.2) is 129 Å². The molecule has 5 fully saturated rings. The van der Waals surface area contributed by atoms with Gasteiger partial charge in [0.15, 0.2) is 5.82 Å². The van der Waals surface area contributed by atoms with Gasteiger partial charge in [-0.3, -0.25) is 34.3 Å². The third-order valence-electron chi connectivity index (χ3n) is 11.4. The highest BCUT2D eigenvalue weighted by molar-refractivity contribution is 6.23. The van der Waals surface area contributed by atoms with E-state index in [0.29, 0.717) is 44.5 Å². The minimum atomic E-state index is -5.08. The van der Waals surface area contributed by atoms with Crippen LogP contribution in [0.15, 0.2) is 18.2 Å². The fourth-order valence-corrected chi connectivity index (χ4v) is 8.58. The number of imide groups is 2. The molecule has 16 nitrogen and oxygen atoms in total. The average molecular weight is 747 g/mol. The van der Waals surface area contributed by atoms with Gasteiger partial charge in [0.1, 0.15) is 11.6 Å². The van der Waals surface area contributed by atoms with Gasteiger partial charge in [-0.25, -0.2) is 9.48 Å². The Labute approximate surface area is 301 Å². The lowest BCUT2D eigenvalue weighted by Crippen LogP contribution is -2.57. The molecular weight excluding hydrogens is 705 g/mol. The van der Waals surface area contributed by atoms with Crippen LogP contribution in [0, 0.1) is 0 Å². The Kier molecular flexibility index (Phi) is 10.0. The first-order chi connectivity index (χ1) is 25.3. The lowest BCUT2D eigenvalue weighted by atomic mass is 9.81. The molecule has 19 heteroatoms. The number of carbonyl (C=O) groups excluding carboxylic acids is 4. The van der Waals surface area contributed by atoms with Gasteiger partial charge in [-0.05, 0) is 60.7 Å². The number of nitrogens with zero attached hydrogens (tertiary/aromatic N) is 7. The number of ether oxygens (including phenoxy) is 2. The Morgan fingerprint density at radius 1 is 0.943 bits per heavy atom. The molecular formula is C34H41F3N8O8. The molecule has 2 aromatic rings. The fourth-order valence-electron chi connectivity index (χ4n) is 8.58. The van der Waals surface area contributed by atoms with Gasteiger partial charge < -0.3 is 19.5 Å². The molecule has 4 saturated heterocycles. The van der Waals surface area contributed by atoms with E-state index in [4.69, 9.17) is 24.5 Å². The first kappa shape index (κ1) is 36.9. The molecule has 0 radical (unpaired) electrons. The predicted octanol–water partition coefficient (Wildman–Crippen LogP) is 2.20. The van der Waals surface area contributed by atoms with Gasteiger partial charge in [0.25, 0.3) is 11.8 Å². The molecule has 1 saturated carbocycles. The number of halogens is 3. The van der Waals surface area contributed by atoms with Gasteiger partial charge >= 0.3 is 12.1 Å². The van der Waals surface area contributed by atoms with Crippen molar-refractivity contribution in [2.75, 3.05) is 50.9 Å². The molecule has 2 atom stereocenters. The smallest absolute Gasteiger partial charge is 0.475 e. The number of aromatic nitrogens is 4. The van der Waals surface area contributed by atoms with Crippen molar-refractivity contribution in [1.29, 1.82) is 0 Å². The van der Waals surface area contributed by atoms with Crippen LogP contribution < -0.4 is 10.2 Å². The van der Waals surface area contributed by atoms with Gasteiger partial charge in [0.2, 0.25) is 11.8 Å². The third kappa shape index (κ3) is 7.01. The Morgan fingerprint density at radius 3 is 2.28 bits per heavy atom. The number of hydrogen-bond acceptors (Lipinski definition) is 12. The number of carboxylic acids is 1. The highest BCUT2D eigenvalue weighted by atomic mass is 19.4. The first-order valence-corrected chi connectivity index (χ1v) is 18.0. The van der Waals surface area contributed by atoms with Crippen LogP contribution in [0.1, 0.15) is 96.8 Å². The highest BCUT2D eigenvalue weighted by Gasteiger charge is 2.57. The minimum absolute atomic E-state index is 0.0911. The zero-order valence-electron chi connectivity index (χ0n) is 29.0. The highest BCUT2D eigenvalue weighted by Crippen LogP contribution is 2.49. The van der Waals surface area contributed by atoms with Crippen molar-refractivity contribution in [3.63, 3.8) is 0 Å². The molecule has 5 aliphatic heterocycles. The summed E-state index contributed by atoms with van der Waals surface area (Å²) in [6.07, 6.45) is 3.48. The maximum atomic E-state index is 13.4. The van der Waals surface area contributed by atoms with Crippen molar-refractivity contribution in [1.82, 2.24) is 35.3 Å². The summed E-state index contributed by atoms with van der Waals surface area (Å²) in [5, 5.41) is 22.8. The Balaban J connectivity index is 0.000000568. The summed E-state index contributed by atoms with van der Waals surface area (Å²) in [5.74, 6) is -3.83. The number of piperidine rings is 1. The molecule has 0 bridgehead atoms. The van der Waals surface area contributed by atoms with E-state index in [9.17, 15) is 32.3 Å². The average Bonchev–Trinajstić information content (AvgIpc) is 3.85. The van der Waals surface area contributed by atoms with E-state index in [2.05, 4.69) is 30.2 Å². The van der Waals surface area contributed by atoms with Crippen molar-refractivity contribution in [3.8, 4) is 0 Å². The Bertz CT molecular complexity index is 1770. The molecule has 6 heterocycles. The summed E-state index contributed by atoms with van der Waals surface area (Å²) in [6.45, 7) is 4.84. The molecule has 6 aliphatic rings. The standard InChI is InChI=1S/C32H40N8O6.C2HF3O2/c41-26-9-8-25(27(42)33-26)39-28(43)23-7-6-22(18-24(23)29(39)44)37-12-14-38(15-13-37)32(19-31(46-20-32)10-16-45-17-11-31)30-34-35-36-40(30)21-4-2-1-3-5-21;3-2(4,5)1(6)7/h6-7,18,21,25H,1-5,8-17,19-20H2,(H,33,41,42);(H,6,7). The number of aliphatic carboxylic acids is 1. The molecule has 53 heavy (non-hydrogen) atoms. The monoisotopic (exact) mass is 746 g/mol. The van der Waals surface area contributed by atoms with Crippen LogP contribution in [0.4, 0.5) is 18.9 Å². The summed E-state index contributed by atoms with van der Waals surface area (Å²) >= 11 is 0. The summed E-state index contributed by atoms with van der Waals surface area (Å²) in [6, 6.07) is 4.65. The van der Waals surface area contributed by atoms with Gasteiger partial charge in [-0.1, -0.05) is 19.3 Å². The number of carbonyl (C=O) groups is 5. The van der Waals surface area contributed by atoms with Gasteiger partial charge in [-0.15, -0.1) is 5.10 Å². The number of nitrogens with one attached hydrogen (secondary N) is 1. The second kappa shape index (κ2) is 14.4. The van der Waals surface area contributed by atoms with Crippen molar-refractivity contribution in [2.24, 2.45) is 0 Å². The number of tetrazole rings is 1. The van der Waals surface area contributed by atoms with Crippen LogP contribution in [0.3, 0.4) is 0 Å². The number of anilines is 1. The molecule has 1 aromatic carbocycles. The molecule has 8 rings (SSSR count). The summed E-state index contributed by atoms with van der Waals surface area (Å²) in [4.78, 5) is 65.4. The number of benzene rings is 1. The molecule has 2 unspecified atom stereocenters. The molecule has 4 amide bonds. The maximum absolute atomic E-state index is 13.4. The van der Waals surface area contributed by atoms with Gasteiger partial charge in [0, 0.05) is 57.9 Å². The van der Waals surface area contributed by atoms with E-state index >= 15 is 0 Å². The SMILES string of the molecule is O=C(O)C(F)(F)F.O=C1CCC(N2C(=O)c3ccc(N4CCN(C5(c6nnnn6C6CCCCC6)COC6(CCOCC6)C5)CC4)cc3C2=O)C(=O)N1. The lowest BCUT2D eigenvalue weighted by Gasteiger charge is -2.46. The normalized spacial score (nSPS) is 26.7. The van der Waals surface area contributed by atoms with Gasteiger partial charge in [-0.2, -0.15) is 13.2 Å². The Morgan fingerprint density at radius 2 is 1.62 bits per heavy atom. The van der Waals surface area contributed by atoms with Crippen LogP contribution in [-0.2, 0) is 29.4 Å². The number of piperazine rings is 1. The predicted molar refractivity (Wildman–Crippen MR) is 176 cm³/mol. The molecule has 1 aromatic heterocycles. The number of fused-ring (bicyclic) bond motifs is 1. The fraction of sp³-hybridized carbons (Fsp3) is 0.647. The number of hydrogen-bond donors (Lipinski definition) is 2. The topological polar surface area (TPSA) is 189 Å². The molecule has 1 aliphatic carbocycles. The second-order valence-corrected chi connectivity index (χ2v) is 14.5. The lowest BCUT2D eigenvalue weighted by molar-refractivity contribution is -0.192. The van der Waals surface area contributed by atoms with E-state index in [-0.39, 0.29) is 24.0 Å². The van der Waals surface area contributed by atoms with E-state index in [1.54, 1.807) is 12.1 Å². The van der Waals surface area contributed by atoms with Crippen LogP contribution in [0.5, 0.6) is 0 Å². The zero-order chi connectivity index (χ0) is 37.5. The number of amides is 4. The van der Waals surface area contributed by atoms with Crippen LogP contribution >= 0.6 is 0 Å². The van der Waals surface area contributed by atoms with E-state index < -0.39 is 47.4 Å². The third-order valence-corrected chi connectivity index (χ3v) is 11.4. The van der Waals surface area contributed by atoms with Crippen LogP contribution in [0.25, 0.3) is 0 Å². The Hall–Kier alpha value is -4.49. The molecule has 1 spiro atoms.